The van der Waals surface area contributed by atoms with E-state index in [1.165, 1.54) is 9.58 Å². The van der Waals surface area contributed by atoms with Gasteiger partial charge in [-0.3, -0.25) is 19.1 Å². The van der Waals surface area contributed by atoms with Gasteiger partial charge in [0.15, 0.2) is 0 Å². The maximum Gasteiger partial charge on any atom is 0.345 e. The minimum absolute atomic E-state index is 0.0644. The molecule has 1 N–H and O–H groups in total. The van der Waals surface area contributed by atoms with Crippen LogP contribution in [0.5, 0.6) is 0 Å². The van der Waals surface area contributed by atoms with Crippen molar-refractivity contribution in [1.29, 1.82) is 0 Å². The molecule has 2 aliphatic rings. The van der Waals surface area contributed by atoms with Crippen molar-refractivity contribution >= 4 is 17.5 Å². The first kappa shape index (κ1) is 18.2. The van der Waals surface area contributed by atoms with Crippen LogP contribution in [-0.4, -0.2) is 44.2 Å². The summed E-state index contributed by atoms with van der Waals surface area (Å²) in [4.78, 5) is 38.3. The molecule has 8 heteroatoms. The van der Waals surface area contributed by atoms with E-state index in [-0.39, 0.29) is 24.0 Å². The summed E-state index contributed by atoms with van der Waals surface area (Å²) in [5, 5.41) is 7.19. The Morgan fingerprint density at radius 1 is 1.18 bits per heavy atom. The summed E-state index contributed by atoms with van der Waals surface area (Å²) in [6, 6.07) is 7.21. The van der Waals surface area contributed by atoms with Crippen molar-refractivity contribution in [1.82, 2.24) is 24.6 Å². The molecule has 2 aliphatic heterocycles. The summed E-state index contributed by atoms with van der Waals surface area (Å²) >= 11 is 0. The Hall–Kier alpha value is -3.16. The van der Waals surface area contributed by atoms with Gasteiger partial charge < -0.3 is 5.32 Å². The van der Waals surface area contributed by atoms with E-state index in [0.29, 0.717) is 30.8 Å². The molecular formula is C20H23N5O3. The molecule has 0 aliphatic carbocycles. The number of nitrogens with zero attached hydrogens (tertiary/aromatic N) is 4. The van der Waals surface area contributed by atoms with Gasteiger partial charge in [0.2, 0.25) is 5.91 Å². The molecule has 0 atom stereocenters. The second-order valence-corrected chi connectivity index (χ2v) is 7.12. The van der Waals surface area contributed by atoms with Gasteiger partial charge >= 0.3 is 5.69 Å². The SMILES string of the molecule is C=C1c2ccccc2C(=O)N1CC(=O)NCCCn1nc2n(c1=O)CCCC2. The molecule has 0 radical (unpaired) electrons. The number of nitrogens with one attached hydrogen (secondary N) is 1. The fraction of sp³-hybridized carbons (Fsp3) is 0.400. The number of rotatable bonds is 6. The average molecular weight is 381 g/mol. The predicted molar refractivity (Wildman–Crippen MR) is 104 cm³/mol. The van der Waals surface area contributed by atoms with Crippen molar-refractivity contribution in [3.8, 4) is 0 Å². The average Bonchev–Trinajstić information content (AvgIpc) is 3.15. The number of carbonyl (C=O) groups excluding carboxylic acids is 2. The molecule has 2 amide bonds. The van der Waals surface area contributed by atoms with Crippen LogP contribution in [0, 0.1) is 0 Å². The fourth-order valence-corrected chi connectivity index (χ4v) is 3.75. The molecule has 1 aromatic heterocycles. The van der Waals surface area contributed by atoms with E-state index in [0.717, 1.165) is 37.2 Å². The lowest BCUT2D eigenvalue weighted by Gasteiger charge is -2.16. The van der Waals surface area contributed by atoms with E-state index < -0.39 is 0 Å². The Balaban J connectivity index is 1.27. The van der Waals surface area contributed by atoms with Crippen LogP contribution in [0.4, 0.5) is 0 Å². The van der Waals surface area contributed by atoms with Crippen LogP contribution in [0.2, 0.25) is 0 Å². The highest BCUT2D eigenvalue weighted by Crippen LogP contribution is 2.30. The molecule has 146 valence electrons. The van der Waals surface area contributed by atoms with Crippen molar-refractivity contribution in [2.45, 2.75) is 38.8 Å². The zero-order chi connectivity index (χ0) is 19.7. The number of fused-ring (bicyclic) bond motifs is 2. The quantitative estimate of drug-likeness (QED) is 0.757. The highest BCUT2D eigenvalue weighted by atomic mass is 16.2. The molecule has 0 unspecified atom stereocenters. The third-order valence-electron chi connectivity index (χ3n) is 5.24. The minimum Gasteiger partial charge on any atom is -0.354 e. The Kier molecular flexibility index (Phi) is 4.85. The molecule has 0 bridgehead atoms. The molecule has 8 nitrogen and oxygen atoms in total. The van der Waals surface area contributed by atoms with Crippen molar-refractivity contribution in [2.75, 3.05) is 13.1 Å². The molecule has 0 saturated heterocycles. The first-order chi connectivity index (χ1) is 13.6. The van der Waals surface area contributed by atoms with Gasteiger partial charge in [0.05, 0.1) is 0 Å². The summed E-state index contributed by atoms with van der Waals surface area (Å²) in [6.07, 6.45) is 3.52. The van der Waals surface area contributed by atoms with Crippen LogP contribution < -0.4 is 11.0 Å². The van der Waals surface area contributed by atoms with Crippen molar-refractivity contribution in [3.05, 3.63) is 58.3 Å². The molecule has 28 heavy (non-hydrogen) atoms. The van der Waals surface area contributed by atoms with Crippen molar-refractivity contribution < 1.29 is 9.59 Å². The Morgan fingerprint density at radius 3 is 2.71 bits per heavy atom. The molecule has 1 aromatic carbocycles. The summed E-state index contributed by atoms with van der Waals surface area (Å²) in [5.74, 6) is 0.399. The Labute approximate surface area is 162 Å². The molecule has 0 spiro atoms. The van der Waals surface area contributed by atoms with Crippen LogP contribution in [0.3, 0.4) is 0 Å². The van der Waals surface area contributed by atoms with Gasteiger partial charge in [0.25, 0.3) is 5.91 Å². The number of amides is 2. The van der Waals surface area contributed by atoms with Crippen LogP contribution >= 0.6 is 0 Å². The monoisotopic (exact) mass is 381 g/mol. The first-order valence-corrected chi connectivity index (χ1v) is 9.59. The second kappa shape index (κ2) is 7.46. The predicted octanol–water partition coefficient (Wildman–Crippen LogP) is 1.01. The van der Waals surface area contributed by atoms with E-state index in [1.807, 2.05) is 12.1 Å². The van der Waals surface area contributed by atoms with Gasteiger partial charge in [-0.2, -0.15) is 5.10 Å². The van der Waals surface area contributed by atoms with Crippen LogP contribution in [0.15, 0.2) is 35.6 Å². The fourth-order valence-electron chi connectivity index (χ4n) is 3.75. The largest absolute Gasteiger partial charge is 0.354 e. The molecule has 4 rings (SSSR count). The maximum atomic E-state index is 12.4. The third kappa shape index (κ3) is 3.26. The molecule has 0 fully saturated rings. The van der Waals surface area contributed by atoms with Crippen LogP contribution in [0.1, 0.15) is 41.0 Å². The van der Waals surface area contributed by atoms with Gasteiger partial charge in [0, 0.05) is 42.9 Å². The van der Waals surface area contributed by atoms with E-state index in [4.69, 9.17) is 0 Å². The van der Waals surface area contributed by atoms with Gasteiger partial charge in [-0.15, -0.1) is 0 Å². The van der Waals surface area contributed by atoms with Gasteiger partial charge in [-0.25, -0.2) is 9.48 Å². The van der Waals surface area contributed by atoms with E-state index >= 15 is 0 Å². The number of carbonyl (C=O) groups is 2. The second-order valence-electron chi connectivity index (χ2n) is 7.12. The Bertz CT molecular complexity index is 969. The molecular weight excluding hydrogens is 358 g/mol. The molecule has 3 heterocycles. The normalized spacial score (nSPS) is 15.5. The number of hydrogen-bond acceptors (Lipinski definition) is 4. The maximum absolute atomic E-state index is 12.4. The number of hydrogen-bond donors (Lipinski definition) is 1. The van der Waals surface area contributed by atoms with Gasteiger partial charge in [0.1, 0.15) is 12.4 Å². The smallest absolute Gasteiger partial charge is 0.345 e. The highest BCUT2D eigenvalue weighted by molar-refractivity contribution is 6.10. The summed E-state index contributed by atoms with van der Waals surface area (Å²) < 4.78 is 3.22. The summed E-state index contributed by atoms with van der Waals surface area (Å²) in [6.45, 7) is 5.48. The van der Waals surface area contributed by atoms with Crippen molar-refractivity contribution in [3.63, 3.8) is 0 Å². The van der Waals surface area contributed by atoms with Crippen LogP contribution in [-0.2, 0) is 24.3 Å². The Morgan fingerprint density at radius 2 is 1.96 bits per heavy atom. The lowest BCUT2D eigenvalue weighted by atomic mass is 10.1. The minimum atomic E-state index is -0.251. The van der Waals surface area contributed by atoms with Crippen LogP contribution in [0.25, 0.3) is 5.70 Å². The number of aromatic nitrogens is 3. The third-order valence-corrected chi connectivity index (χ3v) is 5.24. The molecule has 2 aromatic rings. The zero-order valence-corrected chi connectivity index (χ0v) is 15.7. The summed E-state index contributed by atoms with van der Waals surface area (Å²) in [5.41, 5.74) is 1.82. The lowest BCUT2D eigenvalue weighted by molar-refractivity contribution is -0.121. The summed E-state index contributed by atoms with van der Waals surface area (Å²) in [7, 11) is 0. The zero-order valence-electron chi connectivity index (χ0n) is 15.7. The number of aryl methyl sites for hydroxylation is 2. The van der Waals surface area contributed by atoms with Gasteiger partial charge in [-0.05, 0) is 25.3 Å². The van der Waals surface area contributed by atoms with E-state index in [9.17, 15) is 14.4 Å². The van der Waals surface area contributed by atoms with Gasteiger partial charge in [-0.1, -0.05) is 24.8 Å². The van der Waals surface area contributed by atoms with E-state index in [1.54, 1.807) is 16.7 Å². The van der Waals surface area contributed by atoms with E-state index in [2.05, 4.69) is 17.0 Å². The lowest BCUT2D eigenvalue weighted by Crippen LogP contribution is -2.37. The standard InChI is InChI=1S/C20H23N5O3/c1-14-15-7-2-3-8-16(15)19(27)24(14)13-18(26)21-10-6-12-25-20(28)23-11-5-4-9-17(23)22-25/h2-3,7-8H,1,4-6,9-13H2,(H,21,26). The molecule has 0 saturated carbocycles. The first-order valence-electron chi connectivity index (χ1n) is 9.59. The topological polar surface area (TPSA) is 89.2 Å². The highest BCUT2D eigenvalue weighted by Gasteiger charge is 2.31. The van der Waals surface area contributed by atoms with Crippen molar-refractivity contribution in [2.24, 2.45) is 0 Å². The number of benzene rings is 1.